The quantitative estimate of drug-likeness (QED) is 0.690. The lowest BCUT2D eigenvalue weighted by Gasteiger charge is -2.12. The molecule has 1 aliphatic carbocycles. The number of para-hydroxylation sites is 1. The fourth-order valence-corrected chi connectivity index (χ4v) is 2.23. The predicted molar refractivity (Wildman–Crippen MR) is 67.1 cm³/mol. The van der Waals surface area contributed by atoms with Crippen LogP contribution in [-0.4, -0.2) is 6.04 Å². The van der Waals surface area contributed by atoms with Crippen LogP contribution in [0.2, 0.25) is 0 Å². The molecule has 1 aromatic rings. The van der Waals surface area contributed by atoms with Gasteiger partial charge in [0, 0.05) is 11.4 Å². The van der Waals surface area contributed by atoms with Crippen molar-refractivity contribution < 1.29 is 0 Å². The number of anilines is 1. The third-order valence-electron chi connectivity index (χ3n) is 2.98. The standard InChI is InChI=1S/C14H14N2/c15-12-5-6-13-9-10(8-12)7-11-3-1-2-4-14(11)16-13/h1-6,8-9,13,16H,7,15H2. The molecule has 1 unspecified atom stereocenters. The first kappa shape index (κ1) is 9.28. The molecule has 0 fully saturated rings. The summed E-state index contributed by atoms with van der Waals surface area (Å²) in [6.07, 6.45) is 9.30. The van der Waals surface area contributed by atoms with E-state index < -0.39 is 0 Å². The van der Waals surface area contributed by atoms with Crippen LogP contribution < -0.4 is 11.1 Å². The van der Waals surface area contributed by atoms with E-state index in [9.17, 15) is 0 Å². The highest BCUT2D eigenvalue weighted by molar-refractivity contribution is 5.58. The largest absolute Gasteiger partial charge is 0.399 e. The van der Waals surface area contributed by atoms with Gasteiger partial charge in [0.15, 0.2) is 0 Å². The van der Waals surface area contributed by atoms with Crippen molar-refractivity contribution in [1.29, 1.82) is 0 Å². The van der Waals surface area contributed by atoms with Gasteiger partial charge in [0.2, 0.25) is 0 Å². The van der Waals surface area contributed by atoms with Crippen LogP contribution in [0.15, 0.2) is 59.8 Å². The van der Waals surface area contributed by atoms with Crippen LogP contribution in [0.4, 0.5) is 5.69 Å². The molecule has 0 spiro atoms. The summed E-state index contributed by atoms with van der Waals surface area (Å²) in [6, 6.07) is 8.67. The monoisotopic (exact) mass is 210 g/mol. The lowest BCUT2D eigenvalue weighted by atomic mass is 10.0. The number of hydrogen-bond donors (Lipinski definition) is 2. The van der Waals surface area contributed by atoms with Crippen LogP contribution in [0, 0.1) is 0 Å². The molecular weight excluding hydrogens is 196 g/mol. The Kier molecular flexibility index (Phi) is 2.07. The summed E-state index contributed by atoms with van der Waals surface area (Å²) in [7, 11) is 0. The Morgan fingerprint density at radius 3 is 3.06 bits per heavy atom. The minimum absolute atomic E-state index is 0.246. The number of nitrogens with one attached hydrogen (secondary N) is 1. The Morgan fingerprint density at radius 1 is 1.25 bits per heavy atom. The zero-order chi connectivity index (χ0) is 11.0. The van der Waals surface area contributed by atoms with E-state index in [1.807, 2.05) is 6.08 Å². The average molecular weight is 210 g/mol. The van der Waals surface area contributed by atoms with Gasteiger partial charge in [-0.05, 0) is 35.8 Å². The normalized spacial score (nSPS) is 22.1. The van der Waals surface area contributed by atoms with E-state index in [2.05, 4.69) is 47.8 Å². The molecule has 2 heteroatoms. The minimum atomic E-state index is 0.246. The Bertz CT molecular complexity index is 509. The second-order valence-corrected chi connectivity index (χ2v) is 4.25. The van der Waals surface area contributed by atoms with Crippen molar-refractivity contribution in [1.82, 2.24) is 0 Å². The zero-order valence-electron chi connectivity index (χ0n) is 8.98. The van der Waals surface area contributed by atoms with Crippen molar-refractivity contribution in [2.45, 2.75) is 12.5 Å². The molecular formula is C14H14N2. The van der Waals surface area contributed by atoms with E-state index in [-0.39, 0.29) is 6.04 Å². The van der Waals surface area contributed by atoms with Crippen LogP contribution >= 0.6 is 0 Å². The van der Waals surface area contributed by atoms with Gasteiger partial charge in [-0.3, -0.25) is 0 Å². The van der Waals surface area contributed by atoms with Gasteiger partial charge in [0.1, 0.15) is 0 Å². The fraction of sp³-hybridized carbons (Fsp3) is 0.143. The Hall–Kier alpha value is -1.96. The molecule has 2 nitrogen and oxygen atoms in total. The van der Waals surface area contributed by atoms with E-state index in [1.54, 1.807) is 0 Å². The maximum atomic E-state index is 5.87. The molecule has 0 radical (unpaired) electrons. The number of nitrogens with two attached hydrogens (primary N) is 1. The topological polar surface area (TPSA) is 38.0 Å². The van der Waals surface area contributed by atoms with E-state index in [4.69, 9.17) is 5.73 Å². The smallest absolute Gasteiger partial charge is 0.0638 e. The van der Waals surface area contributed by atoms with Crippen molar-refractivity contribution in [3.63, 3.8) is 0 Å². The van der Waals surface area contributed by atoms with Gasteiger partial charge in [0.25, 0.3) is 0 Å². The van der Waals surface area contributed by atoms with Gasteiger partial charge in [0.05, 0.1) is 6.04 Å². The molecule has 1 aliphatic heterocycles. The maximum Gasteiger partial charge on any atom is 0.0638 e. The summed E-state index contributed by atoms with van der Waals surface area (Å²) >= 11 is 0. The number of benzene rings is 1. The molecule has 2 bridgehead atoms. The molecule has 3 rings (SSSR count). The molecule has 0 aromatic heterocycles. The number of fused-ring (bicyclic) bond motifs is 2. The van der Waals surface area contributed by atoms with Crippen molar-refractivity contribution in [3.8, 4) is 0 Å². The van der Waals surface area contributed by atoms with Crippen molar-refractivity contribution >= 4 is 5.69 Å². The number of allylic oxidation sites excluding steroid dienone is 3. The van der Waals surface area contributed by atoms with Crippen LogP contribution in [0.5, 0.6) is 0 Å². The van der Waals surface area contributed by atoms with Gasteiger partial charge in [-0.2, -0.15) is 0 Å². The SMILES string of the molecule is NC1=CC2=CC(C=C1)Nc1ccccc1C2. The maximum absolute atomic E-state index is 5.87. The summed E-state index contributed by atoms with van der Waals surface area (Å²) in [4.78, 5) is 0. The lowest BCUT2D eigenvalue weighted by Crippen LogP contribution is -2.13. The molecule has 0 amide bonds. The van der Waals surface area contributed by atoms with E-state index in [0.717, 1.165) is 12.1 Å². The fourth-order valence-electron chi connectivity index (χ4n) is 2.23. The van der Waals surface area contributed by atoms with Crippen molar-refractivity contribution in [3.05, 3.63) is 65.4 Å². The van der Waals surface area contributed by atoms with Crippen LogP contribution in [0.3, 0.4) is 0 Å². The summed E-state index contributed by atoms with van der Waals surface area (Å²) in [5.74, 6) is 0. The zero-order valence-corrected chi connectivity index (χ0v) is 8.98. The van der Waals surface area contributed by atoms with Crippen molar-refractivity contribution in [2.75, 3.05) is 5.32 Å². The highest BCUT2D eigenvalue weighted by Gasteiger charge is 2.14. The molecule has 1 atom stereocenters. The molecule has 3 N–H and O–H groups in total. The third kappa shape index (κ3) is 1.63. The summed E-state index contributed by atoms with van der Waals surface area (Å²) in [5, 5.41) is 3.50. The highest BCUT2D eigenvalue weighted by atomic mass is 14.9. The lowest BCUT2D eigenvalue weighted by molar-refractivity contribution is 1.11. The first-order valence-corrected chi connectivity index (χ1v) is 5.52. The second-order valence-electron chi connectivity index (χ2n) is 4.25. The molecule has 1 heterocycles. The van der Waals surface area contributed by atoms with Crippen LogP contribution in [0.1, 0.15) is 5.56 Å². The molecule has 0 saturated carbocycles. The summed E-state index contributed by atoms with van der Waals surface area (Å²) in [6.45, 7) is 0. The molecule has 16 heavy (non-hydrogen) atoms. The van der Waals surface area contributed by atoms with Gasteiger partial charge in [-0.25, -0.2) is 0 Å². The first-order chi connectivity index (χ1) is 7.81. The summed E-state index contributed by atoms with van der Waals surface area (Å²) < 4.78 is 0. The Morgan fingerprint density at radius 2 is 2.12 bits per heavy atom. The van der Waals surface area contributed by atoms with Gasteiger partial charge >= 0.3 is 0 Å². The second kappa shape index (κ2) is 3.56. The Balaban J connectivity index is 2.07. The number of rotatable bonds is 0. The van der Waals surface area contributed by atoms with Crippen LogP contribution in [-0.2, 0) is 6.42 Å². The summed E-state index contributed by atoms with van der Waals surface area (Å²) in [5.41, 5.74) is 10.5. The van der Waals surface area contributed by atoms with Gasteiger partial charge in [-0.15, -0.1) is 0 Å². The Labute approximate surface area is 95.2 Å². The average Bonchev–Trinajstić information content (AvgIpc) is 2.54. The van der Waals surface area contributed by atoms with E-state index in [1.165, 1.54) is 16.8 Å². The van der Waals surface area contributed by atoms with Crippen molar-refractivity contribution in [2.24, 2.45) is 5.73 Å². The third-order valence-corrected chi connectivity index (χ3v) is 2.98. The first-order valence-electron chi connectivity index (χ1n) is 5.52. The highest BCUT2D eigenvalue weighted by Crippen LogP contribution is 2.26. The molecule has 2 aliphatic rings. The molecule has 0 saturated heterocycles. The van der Waals surface area contributed by atoms with Gasteiger partial charge < -0.3 is 11.1 Å². The van der Waals surface area contributed by atoms with E-state index >= 15 is 0 Å². The van der Waals surface area contributed by atoms with E-state index in [0.29, 0.717) is 0 Å². The van der Waals surface area contributed by atoms with Gasteiger partial charge in [-0.1, -0.05) is 30.4 Å². The predicted octanol–water partition coefficient (Wildman–Crippen LogP) is 2.36. The molecule has 80 valence electrons. The van der Waals surface area contributed by atoms with Crippen LogP contribution in [0.25, 0.3) is 0 Å². The minimum Gasteiger partial charge on any atom is -0.399 e. The molecule has 1 aromatic carbocycles. The number of hydrogen-bond acceptors (Lipinski definition) is 2.